The van der Waals surface area contributed by atoms with Gasteiger partial charge in [-0.05, 0) is 66.4 Å². The lowest BCUT2D eigenvalue weighted by Crippen LogP contribution is -2.35. The average Bonchev–Trinajstić information content (AvgIpc) is 2.93. The van der Waals surface area contributed by atoms with Gasteiger partial charge in [-0.1, -0.05) is 55.5 Å². The van der Waals surface area contributed by atoms with Crippen molar-refractivity contribution in [3.05, 3.63) is 89.5 Å². The Morgan fingerprint density at radius 3 is 2.45 bits per heavy atom. The van der Waals surface area contributed by atoms with Crippen molar-refractivity contribution in [2.45, 2.75) is 32.6 Å². The van der Waals surface area contributed by atoms with Crippen LogP contribution in [0, 0.1) is 0 Å². The summed E-state index contributed by atoms with van der Waals surface area (Å²) in [7, 11) is 0. The van der Waals surface area contributed by atoms with Gasteiger partial charge in [-0.15, -0.1) is 12.2 Å². The number of thiol groups is 1. The lowest BCUT2D eigenvalue weighted by molar-refractivity contribution is -0.134. The maximum atomic E-state index is 13.1. The van der Waals surface area contributed by atoms with Crippen LogP contribution in [0.25, 0.3) is 0 Å². The molecule has 1 heterocycles. The first-order valence-electron chi connectivity index (χ1n) is 12.7. The first-order valence-corrected chi connectivity index (χ1v) is 16.6. The highest BCUT2D eigenvalue weighted by Gasteiger charge is 2.26. The highest BCUT2D eigenvalue weighted by molar-refractivity contribution is 8.65. The van der Waals surface area contributed by atoms with Gasteiger partial charge in [-0.25, -0.2) is 4.79 Å². The van der Waals surface area contributed by atoms with Crippen LogP contribution < -0.4 is 14.8 Å². The third-order valence-electron chi connectivity index (χ3n) is 6.25. The van der Waals surface area contributed by atoms with Crippen LogP contribution in [0.15, 0.2) is 72.8 Å². The Bertz CT molecular complexity index is 1310. The summed E-state index contributed by atoms with van der Waals surface area (Å²) in [5.74, 6) is 0.275. The molecule has 1 atom stereocenters. The predicted octanol–water partition coefficient (Wildman–Crippen LogP) is 5.79. The number of ether oxygens (including phenoxy) is 3. The molecule has 1 aliphatic rings. The lowest BCUT2D eigenvalue weighted by Gasteiger charge is -2.34. The number of hydrogen-bond donors (Lipinski definition) is 1. The number of rotatable bonds is 10. The van der Waals surface area contributed by atoms with E-state index in [1.54, 1.807) is 24.3 Å². The molecular weight excluding hydrogens is 537 g/mol. The second-order valence-corrected chi connectivity index (χ2v) is 15.4. The zero-order chi connectivity index (χ0) is 27.0. The summed E-state index contributed by atoms with van der Waals surface area (Å²) in [4.78, 5) is 25.1. The monoisotopic (exact) mass is 569 g/mol. The Hall–Kier alpha value is -2.48. The number of carbonyl (C=O) groups excluding carboxylic acids is 2. The van der Waals surface area contributed by atoms with Crippen LogP contribution in [-0.2, 0) is 27.8 Å². The fourth-order valence-corrected chi connectivity index (χ4v) is 7.54. The summed E-state index contributed by atoms with van der Waals surface area (Å²) in [6.07, 6.45) is 2.63. The van der Waals surface area contributed by atoms with Gasteiger partial charge >= 0.3 is 11.9 Å². The molecule has 1 saturated heterocycles. The predicted molar refractivity (Wildman–Crippen MR) is 158 cm³/mol. The van der Waals surface area contributed by atoms with Gasteiger partial charge in [-0.2, -0.15) is 0 Å². The molecular formula is C29H32NO5PS2. The molecule has 4 rings (SSSR count). The summed E-state index contributed by atoms with van der Waals surface area (Å²) >= 11 is 10.7. The number of nitrogens with zero attached hydrogens (tertiary/aromatic N) is 1. The molecule has 3 aromatic rings. The SMILES string of the molecule is CCCCC(=O)Oc1cccc(Cc2ccccc2C(=O)Oc2ccc(P(=S)(S)N3CCOCC3)cc2)c1. The molecule has 38 heavy (non-hydrogen) atoms. The molecule has 200 valence electrons. The van der Waals surface area contributed by atoms with Crippen molar-refractivity contribution in [3.8, 4) is 11.5 Å². The number of hydrogen-bond acceptors (Lipinski definition) is 6. The number of unbranched alkanes of at least 4 members (excludes halogenated alkanes) is 1. The Morgan fingerprint density at radius 2 is 1.71 bits per heavy atom. The van der Waals surface area contributed by atoms with Gasteiger partial charge in [0.25, 0.3) is 0 Å². The topological polar surface area (TPSA) is 65.1 Å². The third-order valence-corrected chi connectivity index (χ3v) is 11.2. The fraction of sp³-hybridized carbons (Fsp3) is 0.310. The normalized spacial score (nSPS) is 15.4. The Morgan fingerprint density at radius 1 is 0.974 bits per heavy atom. The summed E-state index contributed by atoms with van der Waals surface area (Å²) < 4.78 is 18.8. The van der Waals surface area contributed by atoms with Gasteiger partial charge in [0.2, 0.25) is 0 Å². The van der Waals surface area contributed by atoms with Gasteiger partial charge in [0.1, 0.15) is 11.5 Å². The molecule has 1 unspecified atom stereocenters. The summed E-state index contributed by atoms with van der Waals surface area (Å²) in [6, 6.07) is 22.1. The van der Waals surface area contributed by atoms with E-state index in [-0.39, 0.29) is 5.97 Å². The largest absolute Gasteiger partial charge is 0.427 e. The van der Waals surface area contributed by atoms with E-state index in [0.717, 1.165) is 42.4 Å². The van der Waals surface area contributed by atoms with Gasteiger partial charge in [0.05, 0.1) is 24.2 Å². The van der Waals surface area contributed by atoms with Crippen LogP contribution in [0.4, 0.5) is 0 Å². The molecule has 0 bridgehead atoms. The van der Waals surface area contributed by atoms with E-state index in [9.17, 15) is 9.59 Å². The molecule has 1 fully saturated rings. The van der Waals surface area contributed by atoms with Crippen molar-refractivity contribution >= 4 is 46.7 Å². The van der Waals surface area contributed by atoms with Gasteiger partial charge in [-0.3, -0.25) is 9.46 Å². The van der Waals surface area contributed by atoms with E-state index in [2.05, 4.69) is 4.67 Å². The molecule has 0 spiro atoms. The first-order chi connectivity index (χ1) is 18.4. The molecule has 9 heteroatoms. The first kappa shape index (κ1) is 28.5. The molecule has 0 amide bonds. The van der Waals surface area contributed by atoms with Crippen LogP contribution >= 0.6 is 17.6 Å². The molecule has 0 radical (unpaired) electrons. The summed E-state index contributed by atoms with van der Waals surface area (Å²) in [5.41, 5.74) is 2.23. The highest BCUT2D eigenvalue weighted by atomic mass is 32.9. The lowest BCUT2D eigenvalue weighted by atomic mass is 9.99. The minimum absolute atomic E-state index is 0.239. The Balaban J connectivity index is 1.43. The van der Waals surface area contributed by atoms with Crippen molar-refractivity contribution in [3.63, 3.8) is 0 Å². The van der Waals surface area contributed by atoms with Crippen molar-refractivity contribution in [1.29, 1.82) is 0 Å². The molecule has 0 N–H and O–H groups in total. The minimum Gasteiger partial charge on any atom is -0.427 e. The van der Waals surface area contributed by atoms with Crippen LogP contribution in [0.2, 0.25) is 0 Å². The van der Waals surface area contributed by atoms with E-state index < -0.39 is 11.4 Å². The van der Waals surface area contributed by atoms with E-state index >= 15 is 0 Å². The molecule has 6 nitrogen and oxygen atoms in total. The zero-order valence-electron chi connectivity index (χ0n) is 21.4. The van der Waals surface area contributed by atoms with E-state index in [1.807, 2.05) is 55.5 Å². The molecule has 0 saturated carbocycles. The average molecular weight is 570 g/mol. The van der Waals surface area contributed by atoms with Crippen molar-refractivity contribution in [1.82, 2.24) is 4.67 Å². The molecule has 3 aromatic carbocycles. The Kier molecular flexibility index (Phi) is 10.2. The summed E-state index contributed by atoms with van der Waals surface area (Å²) in [6.45, 7) is 4.87. The van der Waals surface area contributed by atoms with Gasteiger partial charge < -0.3 is 14.2 Å². The smallest absolute Gasteiger partial charge is 0.343 e. The van der Waals surface area contributed by atoms with Crippen LogP contribution in [0.3, 0.4) is 0 Å². The van der Waals surface area contributed by atoms with Crippen LogP contribution in [0.1, 0.15) is 47.7 Å². The molecule has 0 aromatic heterocycles. The quantitative estimate of drug-likeness (QED) is 0.144. The third kappa shape index (κ3) is 7.55. The summed E-state index contributed by atoms with van der Waals surface area (Å²) in [5, 5.41) is -1.24. The highest BCUT2D eigenvalue weighted by Crippen LogP contribution is 2.53. The van der Waals surface area contributed by atoms with Crippen molar-refractivity contribution in [2.75, 3.05) is 26.3 Å². The molecule has 0 aliphatic carbocycles. The molecule has 1 aliphatic heterocycles. The van der Waals surface area contributed by atoms with Gasteiger partial charge in [0.15, 0.2) is 0 Å². The maximum Gasteiger partial charge on any atom is 0.343 e. The number of esters is 2. The van der Waals surface area contributed by atoms with E-state index in [0.29, 0.717) is 43.1 Å². The standard InChI is InChI=1S/C29H32NO5PS2/c1-2-3-11-28(31)34-25-9-6-7-22(21-25)20-23-8-4-5-10-27(23)29(32)35-24-12-14-26(15-13-24)36(37,38)30-16-18-33-19-17-30/h4-10,12-15,21H,2-3,11,16-20H2,1H3,(H,37,38). The Labute approximate surface area is 234 Å². The van der Waals surface area contributed by atoms with Crippen molar-refractivity contribution in [2.24, 2.45) is 0 Å². The number of carbonyl (C=O) groups is 2. The minimum atomic E-state index is -2.19. The second-order valence-electron chi connectivity index (χ2n) is 9.05. The maximum absolute atomic E-state index is 13.1. The number of morpholine rings is 1. The van der Waals surface area contributed by atoms with Gasteiger partial charge in [0, 0.05) is 24.8 Å². The van der Waals surface area contributed by atoms with E-state index in [4.69, 9.17) is 38.3 Å². The second kappa shape index (κ2) is 13.5. The zero-order valence-corrected chi connectivity index (χ0v) is 24.0. The van der Waals surface area contributed by atoms with E-state index in [1.165, 1.54) is 0 Å². The van der Waals surface area contributed by atoms with Crippen LogP contribution in [0.5, 0.6) is 11.5 Å². The fourth-order valence-electron chi connectivity index (χ4n) is 4.17. The van der Waals surface area contributed by atoms with Crippen LogP contribution in [-0.4, -0.2) is 42.9 Å². The van der Waals surface area contributed by atoms with Crippen molar-refractivity contribution < 1.29 is 23.8 Å². The number of benzene rings is 3.